The molecule has 0 radical (unpaired) electrons. The molecule has 3 N–H and O–H groups in total. The van der Waals surface area contributed by atoms with Crippen molar-refractivity contribution in [2.45, 2.75) is 6.54 Å². The lowest BCUT2D eigenvalue weighted by atomic mass is 10.1. The first-order chi connectivity index (χ1) is 15.7. The molecule has 2 aromatic heterocycles. The molecule has 9 heteroatoms. The number of hydrogen-bond acceptors (Lipinski definition) is 8. The minimum absolute atomic E-state index is 0.0165. The molecule has 162 valence electrons. The van der Waals surface area contributed by atoms with Crippen LogP contribution in [0.15, 0.2) is 60.7 Å². The molecule has 0 spiro atoms. The van der Waals surface area contributed by atoms with Gasteiger partial charge in [-0.05, 0) is 17.7 Å². The summed E-state index contributed by atoms with van der Waals surface area (Å²) in [6.45, 7) is 3.26. The zero-order valence-corrected chi connectivity index (χ0v) is 18.3. The number of anilines is 3. The molecule has 1 aliphatic rings. The van der Waals surface area contributed by atoms with Crippen molar-refractivity contribution < 1.29 is 4.79 Å². The van der Waals surface area contributed by atoms with Gasteiger partial charge in [0.1, 0.15) is 5.82 Å². The number of pyridine rings is 1. The van der Waals surface area contributed by atoms with Crippen molar-refractivity contribution in [3.8, 4) is 0 Å². The highest BCUT2D eigenvalue weighted by Crippen LogP contribution is 2.25. The summed E-state index contributed by atoms with van der Waals surface area (Å²) in [5.41, 5.74) is 8.28. The fourth-order valence-electron chi connectivity index (χ4n) is 3.86. The number of rotatable bonds is 5. The van der Waals surface area contributed by atoms with Gasteiger partial charge in [-0.2, -0.15) is 9.36 Å². The minimum atomic E-state index is 0.0165. The molecule has 0 bridgehead atoms. The van der Waals surface area contributed by atoms with E-state index in [1.54, 1.807) is 0 Å². The van der Waals surface area contributed by atoms with Crippen LogP contribution in [0.4, 0.5) is 16.9 Å². The zero-order valence-electron chi connectivity index (χ0n) is 17.4. The van der Waals surface area contributed by atoms with E-state index in [4.69, 9.17) is 10.7 Å². The summed E-state index contributed by atoms with van der Waals surface area (Å²) in [5, 5.41) is 5.03. The Hall–Kier alpha value is -3.72. The Morgan fingerprint density at radius 3 is 2.50 bits per heavy atom. The van der Waals surface area contributed by atoms with Crippen molar-refractivity contribution in [2.75, 3.05) is 42.1 Å². The third kappa shape index (κ3) is 4.19. The summed E-state index contributed by atoms with van der Waals surface area (Å²) in [6.07, 6.45) is 0. The number of nitrogen functional groups attached to an aromatic ring is 1. The van der Waals surface area contributed by atoms with Crippen LogP contribution in [-0.2, 0) is 6.54 Å². The monoisotopic (exact) mass is 445 g/mol. The molecule has 5 rings (SSSR count). The number of nitrogens with two attached hydrogens (primary N) is 1. The number of benzene rings is 2. The van der Waals surface area contributed by atoms with Crippen LogP contribution >= 0.6 is 11.5 Å². The van der Waals surface area contributed by atoms with E-state index in [9.17, 15) is 4.79 Å². The Morgan fingerprint density at radius 1 is 1.00 bits per heavy atom. The van der Waals surface area contributed by atoms with Crippen molar-refractivity contribution in [2.24, 2.45) is 0 Å². The van der Waals surface area contributed by atoms with Gasteiger partial charge in [0, 0.05) is 49.6 Å². The molecule has 0 unspecified atom stereocenters. The van der Waals surface area contributed by atoms with Gasteiger partial charge in [0.05, 0.1) is 11.1 Å². The van der Waals surface area contributed by atoms with Crippen LogP contribution in [0, 0.1) is 0 Å². The topological polar surface area (TPSA) is 100 Å². The van der Waals surface area contributed by atoms with E-state index < -0.39 is 0 Å². The third-order valence-electron chi connectivity index (χ3n) is 5.53. The lowest BCUT2D eigenvalue weighted by Crippen LogP contribution is -2.48. The molecule has 2 aromatic carbocycles. The van der Waals surface area contributed by atoms with Crippen LogP contribution < -0.4 is 16.0 Å². The molecule has 0 aliphatic carbocycles. The first-order valence-electron chi connectivity index (χ1n) is 10.5. The van der Waals surface area contributed by atoms with Gasteiger partial charge in [-0.15, -0.1) is 0 Å². The van der Waals surface area contributed by atoms with Crippen molar-refractivity contribution in [1.29, 1.82) is 0 Å². The van der Waals surface area contributed by atoms with Gasteiger partial charge in [0.2, 0.25) is 11.1 Å². The lowest BCUT2D eigenvalue weighted by molar-refractivity contribution is 0.0748. The quantitative estimate of drug-likeness (QED) is 0.486. The van der Waals surface area contributed by atoms with Gasteiger partial charge < -0.3 is 20.9 Å². The Kier molecular flexibility index (Phi) is 5.55. The molecule has 32 heavy (non-hydrogen) atoms. The molecule has 1 aliphatic heterocycles. The Labute approximate surface area is 189 Å². The van der Waals surface area contributed by atoms with E-state index in [1.807, 2.05) is 53.4 Å². The first-order valence-corrected chi connectivity index (χ1v) is 11.3. The zero-order chi connectivity index (χ0) is 21.9. The summed E-state index contributed by atoms with van der Waals surface area (Å²) in [4.78, 5) is 26.5. The number of para-hydroxylation sites is 1. The number of piperazine rings is 1. The number of fused-ring (bicyclic) bond motifs is 1. The van der Waals surface area contributed by atoms with Crippen molar-refractivity contribution in [3.05, 3.63) is 71.8 Å². The van der Waals surface area contributed by atoms with E-state index in [0.717, 1.165) is 21.6 Å². The summed E-state index contributed by atoms with van der Waals surface area (Å²) < 4.78 is 4.05. The third-order valence-corrected chi connectivity index (χ3v) is 6.32. The van der Waals surface area contributed by atoms with Crippen LogP contribution in [0.1, 0.15) is 15.9 Å². The van der Waals surface area contributed by atoms with Gasteiger partial charge in [-0.1, -0.05) is 48.5 Å². The van der Waals surface area contributed by atoms with Gasteiger partial charge in [0.25, 0.3) is 5.91 Å². The highest BCUT2D eigenvalue weighted by molar-refractivity contribution is 7.09. The van der Waals surface area contributed by atoms with Gasteiger partial charge in [-0.3, -0.25) is 4.79 Å². The summed E-state index contributed by atoms with van der Waals surface area (Å²) in [5.74, 6) is 1.00. The maximum atomic E-state index is 13.5. The summed E-state index contributed by atoms with van der Waals surface area (Å²) in [6, 6.07) is 19.8. The molecule has 0 atom stereocenters. The van der Waals surface area contributed by atoms with Crippen molar-refractivity contribution in [1.82, 2.24) is 19.2 Å². The molecule has 8 nitrogen and oxygen atoms in total. The normalized spacial score (nSPS) is 14.0. The summed E-state index contributed by atoms with van der Waals surface area (Å²) in [7, 11) is 0. The SMILES string of the molecule is Nc1nsc(N2CCN(C(=O)c3cc(NCc4ccccc4)nc4ccccc34)CC2)n1. The molecule has 1 saturated heterocycles. The molecule has 4 aromatic rings. The van der Waals surface area contributed by atoms with E-state index in [0.29, 0.717) is 50.1 Å². The highest BCUT2D eigenvalue weighted by Gasteiger charge is 2.25. The standard InChI is InChI=1S/C23H23N7OS/c24-22-27-23(32-28-22)30-12-10-29(11-13-30)21(31)18-14-20(25-15-16-6-2-1-3-7-16)26-19-9-5-4-8-17(18)19/h1-9,14H,10-13,15H2,(H2,24,28)(H,25,26). The molecule has 0 saturated carbocycles. The van der Waals surface area contributed by atoms with Crippen LogP contribution in [-0.4, -0.2) is 51.3 Å². The molecule has 3 heterocycles. The smallest absolute Gasteiger partial charge is 0.254 e. The maximum absolute atomic E-state index is 13.5. The second kappa shape index (κ2) is 8.80. The fourth-order valence-corrected chi connectivity index (χ4v) is 4.51. The predicted octanol–water partition coefficient (Wildman–Crippen LogP) is 3.24. The van der Waals surface area contributed by atoms with Crippen LogP contribution in [0.25, 0.3) is 10.9 Å². The number of nitrogens with zero attached hydrogens (tertiary/aromatic N) is 5. The highest BCUT2D eigenvalue weighted by atomic mass is 32.1. The average molecular weight is 446 g/mol. The number of nitrogens with one attached hydrogen (secondary N) is 1. The first kappa shape index (κ1) is 20.2. The Balaban J connectivity index is 1.36. The summed E-state index contributed by atoms with van der Waals surface area (Å²) >= 11 is 1.29. The van der Waals surface area contributed by atoms with Gasteiger partial charge in [0.15, 0.2) is 0 Å². The maximum Gasteiger partial charge on any atom is 0.254 e. The van der Waals surface area contributed by atoms with Crippen molar-refractivity contribution >= 4 is 45.2 Å². The van der Waals surface area contributed by atoms with Gasteiger partial charge in [-0.25, -0.2) is 4.98 Å². The van der Waals surface area contributed by atoms with E-state index >= 15 is 0 Å². The molecular formula is C23H23N7OS. The van der Waals surface area contributed by atoms with Gasteiger partial charge >= 0.3 is 0 Å². The Bertz CT molecular complexity index is 1240. The van der Waals surface area contributed by atoms with E-state index in [2.05, 4.69) is 31.7 Å². The Morgan fingerprint density at radius 2 is 1.75 bits per heavy atom. The van der Waals surface area contributed by atoms with Crippen LogP contribution in [0.2, 0.25) is 0 Å². The van der Waals surface area contributed by atoms with E-state index in [-0.39, 0.29) is 5.91 Å². The number of aromatic nitrogens is 3. The largest absolute Gasteiger partial charge is 0.367 e. The van der Waals surface area contributed by atoms with Crippen LogP contribution in [0.3, 0.4) is 0 Å². The number of hydrogen-bond donors (Lipinski definition) is 2. The van der Waals surface area contributed by atoms with Crippen molar-refractivity contribution in [3.63, 3.8) is 0 Å². The minimum Gasteiger partial charge on any atom is -0.367 e. The fraction of sp³-hybridized carbons (Fsp3) is 0.217. The number of carbonyl (C=O) groups is 1. The second-order valence-electron chi connectivity index (χ2n) is 7.63. The van der Waals surface area contributed by atoms with Crippen LogP contribution in [0.5, 0.6) is 0 Å². The second-order valence-corrected chi connectivity index (χ2v) is 8.36. The molecule has 1 fully saturated rings. The van der Waals surface area contributed by atoms with E-state index in [1.165, 1.54) is 11.5 Å². The molecular weight excluding hydrogens is 422 g/mol. The molecule has 1 amide bonds. The predicted molar refractivity (Wildman–Crippen MR) is 128 cm³/mol. The number of amides is 1. The average Bonchev–Trinajstić information content (AvgIpc) is 3.29. The number of carbonyl (C=O) groups excluding carboxylic acids is 1. The lowest BCUT2D eigenvalue weighted by Gasteiger charge is -2.34.